The average molecular weight is 236 g/mol. The van der Waals surface area contributed by atoms with Gasteiger partial charge in [-0.05, 0) is 24.8 Å². The largest absolute Gasteiger partial charge is 0.457 e. The van der Waals surface area contributed by atoms with Gasteiger partial charge in [0.1, 0.15) is 6.10 Å². The highest BCUT2D eigenvalue weighted by Gasteiger charge is 2.24. The molecule has 17 heavy (non-hydrogen) atoms. The number of ether oxygens (including phenoxy) is 1. The van der Waals surface area contributed by atoms with Crippen molar-refractivity contribution in [1.82, 2.24) is 0 Å². The van der Waals surface area contributed by atoms with Crippen LogP contribution in [0.3, 0.4) is 0 Å². The summed E-state index contributed by atoms with van der Waals surface area (Å²) in [6.07, 6.45) is 3.69. The maximum absolute atomic E-state index is 11.7. The molecule has 1 rings (SSSR count). The van der Waals surface area contributed by atoms with Gasteiger partial charge in [-0.15, -0.1) is 0 Å². The second kappa shape index (κ2) is 5.30. The molecule has 0 radical (unpaired) electrons. The number of nitrogens with zero attached hydrogens (tertiary/aromatic N) is 1. The Morgan fingerprint density at radius 2 is 1.88 bits per heavy atom. The van der Waals surface area contributed by atoms with Gasteiger partial charge in [0.05, 0.1) is 0 Å². The minimum Gasteiger partial charge on any atom is -0.457 e. The molecule has 0 saturated carbocycles. The molecular formula is C14H22NO2+. The molecule has 1 aromatic heterocycles. The molecule has 1 heterocycles. The Labute approximate surface area is 103 Å². The zero-order chi connectivity index (χ0) is 13.1. The van der Waals surface area contributed by atoms with Crippen LogP contribution in [0.15, 0.2) is 24.5 Å². The first-order valence-corrected chi connectivity index (χ1v) is 5.94. The fourth-order valence-corrected chi connectivity index (χ4v) is 1.20. The van der Waals surface area contributed by atoms with Crippen molar-refractivity contribution in [1.29, 1.82) is 0 Å². The van der Waals surface area contributed by atoms with E-state index in [-0.39, 0.29) is 24.0 Å². The normalized spacial score (nSPS) is 13.2. The van der Waals surface area contributed by atoms with E-state index in [2.05, 4.69) is 20.8 Å². The Morgan fingerprint density at radius 1 is 1.35 bits per heavy atom. The molecule has 0 aromatic carbocycles. The molecule has 0 aliphatic carbocycles. The van der Waals surface area contributed by atoms with Crippen molar-refractivity contribution in [2.75, 3.05) is 0 Å². The van der Waals surface area contributed by atoms with Crippen molar-refractivity contribution < 1.29 is 14.1 Å². The molecule has 0 saturated heterocycles. The number of hydrogen-bond donors (Lipinski definition) is 0. The molecule has 0 spiro atoms. The van der Waals surface area contributed by atoms with Crippen LogP contribution in [0.1, 0.15) is 33.3 Å². The second-order valence-corrected chi connectivity index (χ2v) is 5.55. The number of hydrogen-bond acceptors (Lipinski definition) is 2. The summed E-state index contributed by atoms with van der Waals surface area (Å²) in [5.74, 6) is -0.193. The van der Waals surface area contributed by atoms with E-state index in [9.17, 15) is 4.79 Å². The van der Waals surface area contributed by atoms with Gasteiger partial charge in [0.15, 0.2) is 12.4 Å². The molecule has 0 aliphatic heterocycles. The van der Waals surface area contributed by atoms with Crippen molar-refractivity contribution in [3.8, 4) is 0 Å². The third-order valence-electron chi connectivity index (χ3n) is 2.90. The molecule has 3 heteroatoms. The number of pyridine rings is 1. The number of carbonyl (C=O) groups is 1. The third kappa shape index (κ3) is 4.55. The zero-order valence-electron chi connectivity index (χ0n) is 11.4. The van der Waals surface area contributed by atoms with Crippen LogP contribution in [0.4, 0.5) is 0 Å². The van der Waals surface area contributed by atoms with Crippen molar-refractivity contribution >= 4 is 5.97 Å². The number of aryl methyl sites for hydroxylation is 1. The summed E-state index contributed by atoms with van der Waals surface area (Å²) in [7, 11) is 0. The van der Waals surface area contributed by atoms with Gasteiger partial charge in [-0.3, -0.25) is 0 Å². The van der Waals surface area contributed by atoms with E-state index in [1.807, 2.05) is 42.9 Å². The predicted octanol–water partition coefficient (Wildman–Crippen LogP) is 2.26. The topological polar surface area (TPSA) is 30.2 Å². The van der Waals surface area contributed by atoms with E-state index in [0.29, 0.717) is 0 Å². The van der Waals surface area contributed by atoms with Gasteiger partial charge in [-0.1, -0.05) is 20.8 Å². The standard InChI is InChI=1S/C14H22NO2/c1-11-6-8-15(9-7-11)10-13(16)17-12(2)14(3,4)5/h6-9,12H,10H2,1-5H3/q+1/t12-/m1/s1. The first-order chi connectivity index (χ1) is 7.79. The summed E-state index contributed by atoms with van der Waals surface area (Å²) in [4.78, 5) is 11.7. The van der Waals surface area contributed by atoms with Crippen molar-refractivity contribution in [2.24, 2.45) is 5.41 Å². The Kier molecular flexibility index (Phi) is 4.27. The molecule has 0 amide bonds. The van der Waals surface area contributed by atoms with Gasteiger partial charge in [-0.25, -0.2) is 4.79 Å². The Balaban J connectivity index is 2.53. The van der Waals surface area contributed by atoms with Gasteiger partial charge in [0.2, 0.25) is 6.54 Å². The smallest absolute Gasteiger partial charge is 0.372 e. The summed E-state index contributed by atoms with van der Waals surface area (Å²) in [6.45, 7) is 10.4. The number of aromatic nitrogens is 1. The lowest BCUT2D eigenvalue weighted by molar-refractivity contribution is -0.686. The van der Waals surface area contributed by atoms with Gasteiger partial charge in [0.25, 0.3) is 0 Å². The average Bonchev–Trinajstić information content (AvgIpc) is 2.20. The summed E-state index contributed by atoms with van der Waals surface area (Å²) >= 11 is 0. The first-order valence-electron chi connectivity index (χ1n) is 5.94. The van der Waals surface area contributed by atoms with Crippen LogP contribution in [0.2, 0.25) is 0 Å². The van der Waals surface area contributed by atoms with E-state index >= 15 is 0 Å². The van der Waals surface area contributed by atoms with Crippen LogP contribution in [0.5, 0.6) is 0 Å². The zero-order valence-corrected chi connectivity index (χ0v) is 11.4. The molecule has 0 aliphatic rings. The molecular weight excluding hydrogens is 214 g/mol. The van der Waals surface area contributed by atoms with E-state index < -0.39 is 0 Å². The summed E-state index contributed by atoms with van der Waals surface area (Å²) in [5, 5.41) is 0. The van der Waals surface area contributed by atoms with Crippen LogP contribution in [0.25, 0.3) is 0 Å². The fraction of sp³-hybridized carbons (Fsp3) is 0.571. The highest BCUT2D eigenvalue weighted by Crippen LogP contribution is 2.21. The number of carbonyl (C=O) groups excluding carboxylic acids is 1. The van der Waals surface area contributed by atoms with Crippen LogP contribution in [-0.4, -0.2) is 12.1 Å². The highest BCUT2D eigenvalue weighted by molar-refractivity contribution is 5.67. The van der Waals surface area contributed by atoms with Crippen LogP contribution in [0, 0.1) is 12.3 Å². The van der Waals surface area contributed by atoms with Gasteiger partial charge < -0.3 is 4.74 Å². The number of rotatable bonds is 3. The molecule has 0 bridgehead atoms. The minimum atomic E-state index is -0.193. The number of esters is 1. The predicted molar refractivity (Wildman–Crippen MR) is 66.4 cm³/mol. The Hall–Kier alpha value is -1.38. The third-order valence-corrected chi connectivity index (χ3v) is 2.90. The van der Waals surface area contributed by atoms with Gasteiger partial charge >= 0.3 is 5.97 Å². The van der Waals surface area contributed by atoms with Crippen LogP contribution < -0.4 is 4.57 Å². The van der Waals surface area contributed by atoms with Crippen molar-refractivity contribution in [3.63, 3.8) is 0 Å². The highest BCUT2D eigenvalue weighted by atomic mass is 16.5. The van der Waals surface area contributed by atoms with Gasteiger partial charge in [0, 0.05) is 12.1 Å². The van der Waals surface area contributed by atoms with Crippen LogP contribution >= 0.6 is 0 Å². The molecule has 0 unspecified atom stereocenters. The lowest BCUT2D eigenvalue weighted by Gasteiger charge is -2.26. The fourth-order valence-electron chi connectivity index (χ4n) is 1.20. The van der Waals surface area contributed by atoms with Crippen molar-refractivity contribution in [3.05, 3.63) is 30.1 Å². The Morgan fingerprint density at radius 3 is 2.35 bits per heavy atom. The van der Waals surface area contributed by atoms with E-state index in [0.717, 1.165) is 0 Å². The molecule has 0 fully saturated rings. The SMILES string of the molecule is Cc1cc[n+](CC(=O)O[C@H](C)C(C)(C)C)cc1. The molecule has 94 valence electrons. The maximum Gasteiger partial charge on any atom is 0.372 e. The molecule has 3 nitrogen and oxygen atoms in total. The lowest BCUT2D eigenvalue weighted by Crippen LogP contribution is -2.40. The minimum absolute atomic E-state index is 0.0202. The Bertz CT molecular complexity index is 376. The van der Waals surface area contributed by atoms with Crippen LogP contribution in [-0.2, 0) is 16.1 Å². The second-order valence-electron chi connectivity index (χ2n) is 5.55. The molecule has 0 N–H and O–H groups in total. The molecule has 1 atom stereocenters. The van der Waals surface area contributed by atoms with E-state index in [4.69, 9.17) is 4.74 Å². The summed E-state index contributed by atoms with van der Waals surface area (Å²) in [5.41, 5.74) is 1.16. The van der Waals surface area contributed by atoms with E-state index in [1.165, 1.54) is 5.56 Å². The van der Waals surface area contributed by atoms with Gasteiger partial charge in [-0.2, -0.15) is 4.57 Å². The maximum atomic E-state index is 11.7. The monoisotopic (exact) mass is 236 g/mol. The first kappa shape index (κ1) is 13.7. The molecule has 1 aromatic rings. The lowest BCUT2D eigenvalue weighted by atomic mass is 9.90. The quantitative estimate of drug-likeness (QED) is 0.595. The summed E-state index contributed by atoms with van der Waals surface area (Å²) in [6, 6.07) is 3.95. The van der Waals surface area contributed by atoms with E-state index in [1.54, 1.807) is 0 Å². The summed E-state index contributed by atoms with van der Waals surface area (Å²) < 4.78 is 7.21. The van der Waals surface area contributed by atoms with Crippen molar-refractivity contribution in [2.45, 2.75) is 47.3 Å².